The first-order valence-corrected chi connectivity index (χ1v) is 7.30. The van der Waals surface area contributed by atoms with Crippen molar-refractivity contribution in [1.29, 1.82) is 0 Å². The van der Waals surface area contributed by atoms with Crippen LogP contribution in [0.1, 0.15) is 39.0 Å². The van der Waals surface area contributed by atoms with E-state index in [1.54, 1.807) is 0 Å². The first-order chi connectivity index (χ1) is 9.06. The number of aliphatic carboxylic acids is 1. The second-order valence-electron chi connectivity index (χ2n) is 6.01. The van der Waals surface area contributed by atoms with E-state index < -0.39 is 5.97 Å². The normalized spacial score (nSPS) is 31.4. The lowest BCUT2D eigenvalue weighted by Gasteiger charge is -2.30. The first kappa shape index (κ1) is 14.3. The molecule has 19 heavy (non-hydrogen) atoms. The molecule has 2 aliphatic heterocycles. The Morgan fingerprint density at radius 2 is 2.16 bits per heavy atom. The van der Waals surface area contributed by atoms with E-state index >= 15 is 0 Å². The molecule has 0 aliphatic carbocycles. The zero-order chi connectivity index (χ0) is 13.8. The summed E-state index contributed by atoms with van der Waals surface area (Å²) in [5.41, 5.74) is 0. The summed E-state index contributed by atoms with van der Waals surface area (Å²) in [6, 6.07) is -0.0260. The molecular formula is C14H24N2O3. The number of nitrogens with one attached hydrogen (secondary N) is 1. The minimum atomic E-state index is -0.743. The van der Waals surface area contributed by atoms with Gasteiger partial charge < -0.3 is 15.3 Å². The van der Waals surface area contributed by atoms with Gasteiger partial charge >= 0.3 is 5.97 Å². The van der Waals surface area contributed by atoms with E-state index in [0.29, 0.717) is 18.3 Å². The number of amides is 1. The number of carboxylic acids is 1. The molecule has 0 bridgehead atoms. The summed E-state index contributed by atoms with van der Waals surface area (Å²) < 4.78 is 0. The van der Waals surface area contributed by atoms with Crippen molar-refractivity contribution in [3.63, 3.8) is 0 Å². The lowest BCUT2D eigenvalue weighted by atomic mass is 9.93. The van der Waals surface area contributed by atoms with E-state index in [9.17, 15) is 9.59 Å². The Bertz CT molecular complexity index is 346. The number of carbonyl (C=O) groups excluding carboxylic acids is 1. The predicted octanol–water partition coefficient (Wildman–Crippen LogP) is 1.09. The van der Waals surface area contributed by atoms with Crippen LogP contribution in [0.2, 0.25) is 0 Å². The lowest BCUT2D eigenvalue weighted by Crippen LogP contribution is -2.49. The maximum absolute atomic E-state index is 12.4. The highest BCUT2D eigenvalue weighted by atomic mass is 16.4. The highest BCUT2D eigenvalue weighted by Gasteiger charge is 2.32. The topological polar surface area (TPSA) is 69.6 Å². The maximum atomic E-state index is 12.4. The number of nitrogens with zero attached hydrogens (tertiary/aromatic N) is 1. The molecule has 2 N–H and O–H groups in total. The summed E-state index contributed by atoms with van der Waals surface area (Å²) in [7, 11) is 0. The van der Waals surface area contributed by atoms with E-state index in [4.69, 9.17) is 5.11 Å². The SMILES string of the molecule is CC1CCNC(C(=O)N2CCC(CCC(=O)O)C2)C1. The van der Waals surface area contributed by atoms with Crippen LogP contribution < -0.4 is 5.32 Å². The average Bonchev–Trinajstić information content (AvgIpc) is 2.84. The third-order valence-corrected chi connectivity index (χ3v) is 4.33. The summed E-state index contributed by atoms with van der Waals surface area (Å²) in [4.78, 5) is 24.9. The van der Waals surface area contributed by atoms with Crippen molar-refractivity contribution in [2.45, 2.75) is 45.1 Å². The van der Waals surface area contributed by atoms with Gasteiger partial charge in [0, 0.05) is 19.5 Å². The lowest BCUT2D eigenvalue weighted by molar-refractivity contribution is -0.137. The Morgan fingerprint density at radius 3 is 2.84 bits per heavy atom. The average molecular weight is 268 g/mol. The van der Waals surface area contributed by atoms with Crippen LogP contribution in [0.5, 0.6) is 0 Å². The van der Waals surface area contributed by atoms with Gasteiger partial charge in [-0.1, -0.05) is 6.92 Å². The van der Waals surface area contributed by atoms with E-state index in [-0.39, 0.29) is 18.4 Å². The highest BCUT2D eigenvalue weighted by molar-refractivity contribution is 5.82. The number of carbonyl (C=O) groups is 2. The molecule has 3 unspecified atom stereocenters. The van der Waals surface area contributed by atoms with Gasteiger partial charge in [0.05, 0.1) is 6.04 Å². The molecule has 2 saturated heterocycles. The fourth-order valence-corrected chi connectivity index (χ4v) is 3.11. The molecule has 3 atom stereocenters. The standard InChI is InChI=1S/C14H24N2O3/c1-10-4-6-15-12(8-10)14(19)16-7-5-11(9-16)2-3-13(17)18/h10-12,15H,2-9H2,1H3,(H,17,18). The van der Waals surface area contributed by atoms with E-state index in [1.807, 2.05) is 4.90 Å². The van der Waals surface area contributed by atoms with Crippen LogP contribution in [-0.2, 0) is 9.59 Å². The van der Waals surface area contributed by atoms with E-state index in [0.717, 1.165) is 38.9 Å². The van der Waals surface area contributed by atoms with Crippen molar-refractivity contribution in [3.8, 4) is 0 Å². The zero-order valence-electron chi connectivity index (χ0n) is 11.6. The number of hydrogen-bond acceptors (Lipinski definition) is 3. The summed E-state index contributed by atoms with van der Waals surface area (Å²) >= 11 is 0. The monoisotopic (exact) mass is 268 g/mol. The number of likely N-dealkylation sites (tertiary alicyclic amines) is 1. The molecule has 2 fully saturated rings. The summed E-state index contributed by atoms with van der Waals surface area (Å²) in [5, 5.41) is 12.0. The van der Waals surface area contributed by atoms with Gasteiger partial charge in [0.25, 0.3) is 0 Å². The Kier molecular flexibility index (Phi) is 4.80. The molecule has 5 nitrogen and oxygen atoms in total. The minimum Gasteiger partial charge on any atom is -0.481 e. The van der Waals surface area contributed by atoms with Crippen molar-refractivity contribution in [2.75, 3.05) is 19.6 Å². The van der Waals surface area contributed by atoms with Gasteiger partial charge in [-0.25, -0.2) is 0 Å². The fraction of sp³-hybridized carbons (Fsp3) is 0.857. The molecule has 1 amide bonds. The van der Waals surface area contributed by atoms with Crippen molar-refractivity contribution < 1.29 is 14.7 Å². The van der Waals surface area contributed by atoms with Gasteiger partial charge in [-0.2, -0.15) is 0 Å². The second-order valence-corrected chi connectivity index (χ2v) is 6.01. The molecule has 2 rings (SSSR count). The van der Waals surface area contributed by atoms with Crippen LogP contribution in [-0.4, -0.2) is 47.6 Å². The third kappa shape index (κ3) is 3.93. The van der Waals surface area contributed by atoms with Gasteiger partial charge in [-0.3, -0.25) is 9.59 Å². The summed E-state index contributed by atoms with van der Waals surface area (Å²) in [6.45, 7) is 4.64. The molecule has 2 aliphatic rings. The van der Waals surface area contributed by atoms with Crippen LogP contribution in [0, 0.1) is 11.8 Å². The molecular weight excluding hydrogens is 244 g/mol. The summed E-state index contributed by atoms with van der Waals surface area (Å²) in [5.74, 6) is 0.443. The smallest absolute Gasteiger partial charge is 0.303 e. The van der Waals surface area contributed by atoms with Gasteiger partial charge in [0.2, 0.25) is 5.91 Å². The molecule has 0 saturated carbocycles. The van der Waals surface area contributed by atoms with Gasteiger partial charge in [-0.15, -0.1) is 0 Å². The minimum absolute atomic E-state index is 0.0260. The van der Waals surface area contributed by atoms with Crippen LogP contribution in [0.4, 0.5) is 0 Å². The van der Waals surface area contributed by atoms with Crippen molar-refractivity contribution in [2.24, 2.45) is 11.8 Å². The van der Waals surface area contributed by atoms with Crippen LogP contribution in [0.3, 0.4) is 0 Å². The predicted molar refractivity (Wildman–Crippen MR) is 71.7 cm³/mol. The Hall–Kier alpha value is -1.10. The number of rotatable bonds is 4. The van der Waals surface area contributed by atoms with Gasteiger partial charge in [-0.05, 0) is 44.1 Å². The fourth-order valence-electron chi connectivity index (χ4n) is 3.11. The van der Waals surface area contributed by atoms with Gasteiger partial charge in [0.15, 0.2) is 0 Å². The Labute approximate surface area is 114 Å². The van der Waals surface area contributed by atoms with Crippen molar-refractivity contribution >= 4 is 11.9 Å². The quantitative estimate of drug-likeness (QED) is 0.800. The Balaban J connectivity index is 1.79. The second kappa shape index (κ2) is 6.37. The first-order valence-electron chi connectivity index (χ1n) is 7.30. The molecule has 2 heterocycles. The van der Waals surface area contributed by atoms with E-state index in [2.05, 4.69) is 12.2 Å². The van der Waals surface area contributed by atoms with Crippen molar-refractivity contribution in [1.82, 2.24) is 10.2 Å². The molecule has 0 aromatic rings. The molecule has 5 heteroatoms. The number of carboxylic acid groups (broad SMARTS) is 1. The summed E-state index contributed by atoms with van der Waals surface area (Å²) in [6.07, 6.45) is 3.92. The number of hydrogen-bond donors (Lipinski definition) is 2. The van der Waals surface area contributed by atoms with Crippen LogP contribution >= 0.6 is 0 Å². The third-order valence-electron chi connectivity index (χ3n) is 4.33. The Morgan fingerprint density at radius 1 is 1.37 bits per heavy atom. The van der Waals surface area contributed by atoms with Crippen molar-refractivity contribution in [3.05, 3.63) is 0 Å². The highest BCUT2D eigenvalue weighted by Crippen LogP contribution is 2.24. The molecule has 0 radical (unpaired) electrons. The molecule has 0 aromatic carbocycles. The molecule has 0 aromatic heterocycles. The maximum Gasteiger partial charge on any atom is 0.303 e. The van der Waals surface area contributed by atoms with Crippen LogP contribution in [0.25, 0.3) is 0 Å². The largest absolute Gasteiger partial charge is 0.481 e. The van der Waals surface area contributed by atoms with Gasteiger partial charge in [0.1, 0.15) is 0 Å². The molecule has 108 valence electrons. The van der Waals surface area contributed by atoms with Crippen LogP contribution in [0.15, 0.2) is 0 Å². The van der Waals surface area contributed by atoms with E-state index in [1.165, 1.54) is 0 Å². The molecule has 0 spiro atoms. The zero-order valence-corrected chi connectivity index (χ0v) is 11.6. The number of piperidine rings is 1.